The fourth-order valence-corrected chi connectivity index (χ4v) is 2.21. The summed E-state index contributed by atoms with van der Waals surface area (Å²) >= 11 is 0. The van der Waals surface area contributed by atoms with Gasteiger partial charge in [0.05, 0.1) is 19.3 Å². The molecule has 1 aliphatic rings. The predicted molar refractivity (Wildman–Crippen MR) is 78.0 cm³/mol. The number of esters is 1. The lowest BCUT2D eigenvalue weighted by atomic mass is 10.1. The van der Waals surface area contributed by atoms with Gasteiger partial charge in [-0.15, -0.1) is 0 Å². The van der Waals surface area contributed by atoms with E-state index >= 15 is 0 Å². The number of carbonyl (C=O) groups excluding carboxylic acids is 1. The molecule has 20 heavy (non-hydrogen) atoms. The van der Waals surface area contributed by atoms with Crippen LogP contribution in [-0.4, -0.2) is 35.5 Å². The zero-order chi connectivity index (χ0) is 15.0. The van der Waals surface area contributed by atoms with Crippen molar-refractivity contribution in [2.75, 3.05) is 7.11 Å². The van der Waals surface area contributed by atoms with Crippen molar-refractivity contribution in [3.8, 4) is 0 Å². The van der Waals surface area contributed by atoms with Gasteiger partial charge in [-0.05, 0) is 37.5 Å². The number of carbonyl (C=O) groups is 1. The van der Waals surface area contributed by atoms with Gasteiger partial charge >= 0.3 is 5.97 Å². The lowest BCUT2D eigenvalue weighted by molar-refractivity contribution is -0.140. The number of aliphatic hydroxyl groups excluding tert-OH is 2. The molecule has 0 radical (unpaired) electrons. The van der Waals surface area contributed by atoms with Crippen LogP contribution >= 0.6 is 0 Å². The van der Waals surface area contributed by atoms with Crippen molar-refractivity contribution in [2.24, 2.45) is 11.8 Å². The summed E-state index contributed by atoms with van der Waals surface area (Å²) in [6, 6.07) is 0. The summed E-state index contributed by atoms with van der Waals surface area (Å²) in [6.45, 7) is 1.93. The Hall–Kier alpha value is -1.13. The molecule has 0 bridgehead atoms. The van der Waals surface area contributed by atoms with Crippen LogP contribution in [0.25, 0.3) is 0 Å². The average molecular weight is 282 g/mol. The number of methoxy groups -OCH3 is 1. The molecule has 0 aromatic heterocycles. The van der Waals surface area contributed by atoms with Crippen LogP contribution in [0.5, 0.6) is 0 Å². The SMILES string of the molecule is CCC(O)C=CC=CC1CC1C(O)CCCC(=O)OC. The van der Waals surface area contributed by atoms with E-state index in [4.69, 9.17) is 0 Å². The molecule has 0 aromatic rings. The molecule has 0 aromatic carbocycles. The Morgan fingerprint density at radius 1 is 1.40 bits per heavy atom. The average Bonchev–Trinajstić information content (AvgIpc) is 3.22. The Morgan fingerprint density at radius 2 is 2.15 bits per heavy atom. The number of rotatable bonds is 9. The van der Waals surface area contributed by atoms with Crippen LogP contribution in [0, 0.1) is 11.8 Å². The van der Waals surface area contributed by atoms with E-state index in [2.05, 4.69) is 10.8 Å². The van der Waals surface area contributed by atoms with Gasteiger partial charge < -0.3 is 14.9 Å². The number of aliphatic hydroxyl groups is 2. The zero-order valence-electron chi connectivity index (χ0n) is 12.4. The second-order valence-corrected chi connectivity index (χ2v) is 5.34. The maximum Gasteiger partial charge on any atom is 0.305 e. The first-order valence-corrected chi connectivity index (χ1v) is 7.36. The summed E-state index contributed by atoms with van der Waals surface area (Å²) < 4.78 is 4.56. The van der Waals surface area contributed by atoms with Crippen LogP contribution in [0.1, 0.15) is 39.0 Å². The summed E-state index contributed by atoms with van der Waals surface area (Å²) in [5.74, 6) is 0.518. The fourth-order valence-electron chi connectivity index (χ4n) is 2.21. The van der Waals surface area contributed by atoms with Crippen molar-refractivity contribution < 1.29 is 19.7 Å². The van der Waals surface area contributed by atoms with Gasteiger partial charge in [0.15, 0.2) is 0 Å². The zero-order valence-corrected chi connectivity index (χ0v) is 12.4. The van der Waals surface area contributed by atoms with E-state index in [9.17, 15) is 15.0 Å². The smallest absolute Gasteiger partial charge is 0.305 e. The molecule has 1 saturated carbocycles. The lowest BCUT2D eigenvalue weighted by Gasteiger charge is -2.08. The third-order valence-electron chi connectivity index (χ3n) is 3.71. The molecule has 1 aliphatic carbocycles. The van der Waals surface area contributed by atoms with Gasteiger partial charge in [0, 0.05) is 6.42 Å². The largest absolute Gasteiger partial charge is 0.469 e. The van der Waals surface area contributed by atoms with Gasteiger partial charge in [-0.25, -0.2) is 0 Å². The van der Waals surface area contributed by atoms with Crippen molar-refractivity contribution in [1.29, 1.82) is 0 Å². The highest BCUT2D eigenvalue weighted by Gasteiger charge is 2.39. The van der Waals surface area contributed by atoms with E-state index in [1.807, 2.05) is 19.1 Å². The number of ether oxygens (including phenoxy) is 1. The van der Waals surface area contributed by atoms with Crippen molar-refractivity contribution in [3.63, 3.8) is 0 Å². The number of allylic oxidation sites excluding steroid dienone is 3. The summed E-state index contributed by atoms with van der Waals surface area (Å²) in [7, 11) is 1.38. The molecule has 0 spiro atoms. The van der Waals surface area contributed by atoms with E-state index in [0.29, 0.717) is 31.1 Å². The van der Waals surface area contributed by atoms with Crippen molar-refractivity contribution in [3.05, 3.63) is 24.3 Å². The summed E-state index contributed by atoms with van der Waals surface area (Å²) in [6.07, 6.45) is 10.3. The van der Waals surface area contributed by atoms with Crippen molar-refractivity contribution >= 4 is 5.97 Å². The first-order valence-electron chi connectivity index (χ1n) is 7.36. The van der Waals surface area contributed by atoms with Crippen LogP contribution in [-0.2, 0) is 9.53 Å². The minimum absolute atomic E-state index is 0.218. The monoisotopic (exact) mass is 282 g/mol. The third-order valence-corrected chi connectivity index (χ3v) is 3.71. The van der Waals surface area contributed by atoms with E-state index in [0.717, 1.165) is 12.8 Å². The molecule has 0 aliphatic heterocycles. The second kappa shape index (κ2) is 8.93. The van der Waals surface area contributed by atoms with Crippen molar-refractivity contribution in [1.82, 2.24) is 0 Å². The van der Waals surface area contributed by atoms with Crippen LogP contribution in [0.3, 0.4) is 0 Å². The first-order chi connectivity index (χ1) is 9.58. The molecule has 4 heteroatoms. The molecule has 4 unspecified atom stereocenters. The summed E-state index contributed by atoms with van der Waals surface area (Å²) in [5.41, 5.74) is 0. The first kappa shape index (κ1) is 16.9. The van der Waals surface area contributed by atoms with Gasteiger partial charge in [-0.2, -0.15) is 0 Å². The Morgan fingerprint density at radius 3 is 2.80 bits per heavy atom. The number of hydrogen-bond donors (Lipinski definition) is 2. The Kier molecular flexibility index (Phi) is 7.55. The number of hydrogen-bond acceptors (Lipinski definition) is 4. The molecule has 4 atom stereocenters. The Labute approximate surface area is 121 Å². The molecule has 1 rings (SSSR count). The molecular formula is C16H26O4. The fraction of sp³-hybridized carbons (Fsp3) is 0.688. The van der Waals surface area contributed by atoms with Crippen LogP contribution in [0.4, 0.5) is 0 Å². The van der Waals surface area contributed by atoms with Gasteiger partial charge in [-0.3, -0.25) is 4.79 Å². The quantitative estimate of drug-likeness (QED) is 0.502. The molecule has 0 saturated heterocycles. The minimum atomic E-state index is -0.376. The molecular weight excluding hydrogens is 256 g/mol. The maximum absolute atomic E-state index is 11.0. The Balaban J connectivity index is 2.17. The predicted octanol–water partition coefficient (Wildman–Crippen LogP) is 2.21. The van der Waals surface area contributed by atoms with E-state index in [-0.39, 0.29) is 18.2 Å². The van der Waals surface area contributed by atoms with Gasteiger partial charge in [0.2, 0.25) is 0 Å². The standard InChI is InChI=1S/C16H26O4/c1-3-13(17)8-5-4-7-12-11-14(12)15(18)9-6-10-16(19)20-2/h4-5,7-8,12-15,17-18H,3,6,9-11H2,1-2H3. The highest BCUT2D eigenvalue weighted by Crippen LogP contribution is 2.43. The van der Waals surface area contributed by atoms with Gasteiger partial charge in [-0.1, -0.05) is 31.2 Å². The molecule has 2 N–H and O–H groups in total. The second-order valence-electron chi connectivity index (χ2n) is 5.34. The van der Waals surface area contributed by atoms with Crippen LogP contribution in [0.15, 0.2) is 24.3 Å². The molecule has 4 nitrogen and oxygen atoms in total. The minimum Gasteiger partial charge on any atom is -0.469 e. The van der Waals surface area contributed by atoms with Gasteiger partial charge in [0.1, 0.15) is 0 Å². The molecule has 114 valence electrons. The van der Waals surface area contributed by atoms with E-state index in [1.165, 1.54) is 7.11 Å². The highest BCUT2D eigenvalue weighted by atomic mass is 16.5. The van der Waals surface area contributed by atoms with Crippen LogP contribution in [0.2, 0.25) is 0 Å². The molecule has 1 fully saturated rings. The lowest BCUT2D eigenvalue weighted by Crippen LogP contribution is -2.11. The molecule has 0 amide bonds. The third kappa shape index (κ3) is 6.35. The summed E-state index contributed by atoms with van der Waals surface area (Å²) in [5, 5.41) is 19.3. The van der Waals surface area contributed by atoms with Crippen LogP contribution < -0.4 is 0 Å². The Bertz CT molecular complexity index is 348. The van der Waals surface area contributed by atoms with Gasteiger partial charge in [0.25, 0.3) is 0 Å². The highest BCUT2D eigenvalue weighted by molar-refractivity contribution is 5.68. The van der Waals surface area contributed by atoms with Crippen molar-refractivity contribution in [2.45, 2.75) is 51.2 Å². The summed E-state index contributed by atoms with van der Waals surface area (Å²) in [4.78, 5) is 11.0. The normalized spacial score (nSPS) is 25.0. The topological polar surface area (TPSA) is 66.8 Å². The van der Waals surface area contributed by atoms with E-state index in [1.54, 1.807) is 6.08 Å². The van der Waals surface area contributed by atoms with E-state index < -0.39 is 0 Å². The maximum atomic E-state index is 11.0. The molecule has 0 heterocycles.